The van der Waals surface area contributed by atoms with Crippen molar-refractivity contribution >= 4 is 34.2 Å². The summed E-state index contributed by atoms with van der Waals surface area (Å²) in [5.74, 6) is 0.104. The monoisotopic (exact) mass is 234 g/mol. The minimum absolute atomic E-state index is 0.104. The molecule has 0 unspecified atom stereocenters. The van der Waals surface area contributed by atoms with E-state index in [0.717, 1.165) is 4.24 Å². The topological polar surface area (TPSA) is 17.1 Å². The van der Waals surface area contributed by atoms with E-state index in [4.69, 9.17) is 0 Å². The molecule has 1 aromatic carbocycles. The van der Waals surface area contributed by atoms with Crippen LogP contribution in [0.5, 0.6) is 0 Å². The second-order valence-electron chi connectivity index (χ2n) is 3.14. The summed E-state index contributed by atoms with van der Waals surface area (Å²) < 4.78 is 1.06. The molecule has 76 valence electrons. The molecule has 0 bridgehead atoms. The van der Waals surface area contributed by atoms with Gasteiger partial charge in [-0.1, -0.05) is 53.9 Å². The predicted molar refractivity (Wildman–Crippen MR) is 68.4 cm³/mol. The normalized spacial score (nSPS) is 17.9. The predicted octanol–water partition coefficient (Wildman–Crippen LogP) is 3.90. The quantitative estimate of drug-likeness (QED) is 0.722. The van der Waals surface area contributed by atoms with Crippen LogP contribution in [0.1, 0.15) is 12.5 Å². The summed E-state index contributed by atoms with van der Waals surface area (Å²) >= 11 is 3.27. The molecule has 0 amide bonds. The number of hydrogen-bond acceptors (Lipinski definition) is 3. The van der Waals surface area contributed by atoms with Gasteiger partial charge in [0.25, 0.3) is 0 Å². The molecule has 0 spiro atoms. The highest BCUT2D eigenvalue weighted by Gasteiger charge is 2.13. The maximum absolute atomic E-state index is 10.9. The highest BCUT2D eigenvalue weighted by atomic mass is 32.2. The Morgan fingerprint density at radius 3 is 2.67 bits per heavy atom. The van der Waals surface area contributed by atoms with Gasteiger partial charge in [0, 0.05) is 11.0 Å². The van der Waals surface area contributed by atoms with Crippen LogP contribution >= 0.6 is 23.5 Å². The van der Waals surface area contributed by atoms with Crippen molar-refractivity contribution in [3.8, 4) is 0 Å². The summed E-state index contributed by atoms with van der Waals surface area (Å²) in [6.07, 6.45) is 1.68. The number of ketones is 1. The number of hydrogen-bond donors (Lipinski definition) is 0. The number of carbonyl (C=O) groups excluding carboxylic acids is 1. The summed E-state index contributed by atoms with van der Waals surface area (Å²) in [5, 5.41) is 2.09. The zero-order chi connectivity index (χ0) is 10.7. The molecular weight excluding hydrogens is 224 g/mol. The molecule has 0 aliphatic carbocycles. The van der Waals surface area contributed by atoms with E-state index in [-0.39, 0.29) is 5.78 Å². The minimum Gasteiger partial charge on any atom is -0.295 e. The first kappa shape index (κ1) is 10.6. The first-order valence-electron chi connectivity index (χ1n) is 4.58. The number of rotatable bonds is 2. The van der Waals surface area contributed by atoms with Gasteiger partial charge in [-0.2, -0.15) is 0 Å². The van der Waals surface area contributed by atoms with Crippen LogP contribution in [0.25, 0.3) is 4.91 Å². The zero-order valence-electron chi connectivity index (χ0n) is 8.27. The first-order valence-corrected chi connectivity index (χ1v) is 6.28. The lowest BCUT2D eigenvalue weighted by Crippen LogP contribution is -1.80. The second-order valence-corrected chi connectivity index (χ2v) is 5.40. The Morgan fingerprint density at radius 1 is 1.27 bits per heavy atom. The molecule has 0 aromatic heterocycles. The fraction of sp³-hybridized carbons (Fsp3) is 0.0833. The second kappa shape index (κ2) is 4.73. The van der Waals surface area contributed by atoms with Crippen LogP contribution in [0.15, 0.2) is 46.1 Å². The molecule has 0 radical (unpaired) electrons. The molecule has 0 saturated carbocycles. The van der Waals surface area contributed by atoms with E-state index in [2.05, 4.69) is 17.5 Å². The summed E-state index contributed by atoms with van der Waals surface area (Å²) in [4.78, 5) is 12.1. The maximum Gasteiger partial charge on any atom is 0.154 e. The molecular formula is C12H10OS2. The molecule has 3 heteroatoms. The van der Waals surface area contributed by atoms with E-state index < -0.39 is 0 Å². The maximum atomic E-state index is 10.9. The molecule has 1 heterocycles. The van der Waals surface area contributed by atoms with Gasteiger partial charge in [0.2, 0.25) is 0 Å². The average molecular weight is 234 g/mol. The number of thioether (sulfide) groups is 2. The zero-order valence-corrected chi connectivity index (χ0v) is 9.90. The van der Waals surface area contributed by atoms with Gasteiger partial charge in [-0.05, 0) is 17.9 Å². The van der Waals surface area contributed by atoms with Crippen LogP contribution in [-0.2, 0) is 4.79 Å². The van der Waals surface area contributed by atoms with E-state index in [1.165, 1.54) is 10.5 Å². The van der Waals surface area contributed by atoms with Crippen LogP contribution in [0.4, 0.5) is 0 Å². The fourth-order valence-corrected chi connectivity index (χ4v) is 3.46. The molecule has 1 aliphatic rings. The molecule has 1 aliphatic heterocycles. The van der Waals surface area contributed by atoms with E-state index in [1.54, 1.807) is 36.5 Å². The Hall–Kier alpha value is -0.930. The van der Waals surface area contributed by atoms with Crippen molar-refractivity contribution in [1.29, 1.82) is 0 Å². The van der Waals surface area contributed by atoms with Gasteiger partial charge in [0.15, 0.2) is 5.78 Å². The van der Waals surface area contributed by atoms with Crippen LogP contribution in [0, 0.1) is 0 Å². The Kier molecular flexibility index (Phi) is 3.34. The highest BCUT2D eigenvalue weighted by molar-refractivity contribution is 8.31. The largest absolute Gasteiger partial charge is 0.295 e. The Morgan fingerprint density at radius 2 is 2.00 bits per heavy atom. The fourth-order valence-electron chi connectivity index (χ4n) is 1.23. The number of benzene rings is 1. The molecule has 0 fully saturated rings. The van der Waals surface area contributed by atoms with Crippen LogP contribution < -0.4 is 0 Å². The molecule has 0 N–H and O–H groups in total. The van der Waals surface area contributed by atoms with Crippen molar-refractivity contribution in [1.82, 2.24) is 0 Å². The van der Waals surface area contributed by atoms with Crippen LogP contribution in [0.3, 0.4) is 0 Å². The van der Waals surface area contributed by atoms with Gasteiger partial charge in [-0.3, -0.25) is 4.79 Å². The Bertz CT molecular complexity index is 432. The van der Waals surface area contributed by atoms with Gasteiger partial charge >= 0.3 is 0 Å². The van der Waals surface area contributed by atoms with Crippen molar-refractivity contribution in [2.45, 2.75) is 6.92 Å². The smallest absolute Gasteiger partial charge is 0.154 e. The first-order chi connectivity index (χ1) is 7.25. The summed E-state index contributed by atoms with van der Waals surface area (Å²) in [6.45, 7) is 1.58. The molecule has 1 nitrogen and oxygen atoms in total. The standard InChI is InChI=1S/C12H10OS2/c1-9(13)7-12-14-8-11(15-12)10-5-3-2-4-6-10/h2-8H,1H3. The molecule has 0 atom stereocenters. The highest BCUT2D eigenvalue weighted by Crippen LogP contribution is 2.48. The van der Waals surface area contributed by atoms with Gasteiger partial charge in [-0.15, -0.1) is 0 Å². The molecule has 1 aromatic rings. The minimum atomic E-state index is 0.104. The van der Waals surface area contributed by atoms with Crippen molar-refractivity contribution < 1.29 is 4.79 Å². The van der Waals surface area contributed by atoms with Crippen LogP contribution in [-0.4, -0.2) is 5.78 Å². The van der Waals surface area contributed by atoms with Gasteiger partial charge < -0.3 is 0 Å². The lowest BCUT2D eigenvalue weighted by molar-refractivity contribution is -0.112. The van der Waals surface area contributed by atoms with Crippen molar-refractivity contribution in [3.05, 3.63) is 51.6 Å². The SMILES string of the molecule is CC(=O)C=C1SC=C(c2ccccc2)S1. The number of allylic oxidation sites excluding steroid dienone is 1. The lowest BCUT2D eigenvalue weighted by atomic mass is 10.2. The van der Waals surface area contributed by atoms with Gasteiger partial charge in [0.1, 0.15) is 0 Å². The Balaban J connectivity index is 2.14. The van der Waals surface area contributed by atoms with E-state index in [0.29, 0.717) is 0 Å². The third-order valence-electron chi connectivity index (χ3n) is 1.87. The van der Waals surface area contributed by atoms with Crippen molar-refractivity contribution in [2.24, 2.45) is 0 Å². The third-order valence-corrected chi connectivity index (χ3v) is 4.16. The van der Waals surface area contributed by atoms with Crippen molar-refractivity contribution in [2.75, 3.05) is 0 Å². The van der Waals surface area contributed by atoms with Gasteiger partial charge in [0.05, 0.1) is 4.24 Å². The summed E-state index contributed by atoms with van der Waals surface area (Å²) in [6, 6.07) is 10.2. The van der Waals surface area contributed by atoms with Crippen molar-refractivity contribution in [3.63, 3.8) is 0 Å². The molecule has 15 heavy (non-hydrogen) atoms. The summed E-state index contributed by atoms with van der Waals surface area (Å²) in [7, 11) is 0. The number of carbonyl (C=O) groups is 1. The van der Waals surface area contributed by atoms with E-state index >= 15 is 0 Å². The lowest BCUT2D eigenvalue weighted by Gasteiger charge is -1.99. The van der Waals surface area contributed by atoms with Gasteiger partial charge in [-0.25, -0.2) is 0 Å². The average Bonchev–Trinajstić information content (AvgIpc) is 2.67. The van der Waals surface area contributed by atoms with Crippen LogP contribution in [0.2, 0.25) is 0 Å². The molecule has 0 saturated heterocycles. The van der Waals surface area contributed by atoms with E-state index in [9.17, 15) is 4.79 Å². The Labute approximate surface area is 97.6 Å². The van der Waals surface area contributed by atoms with E-state index in [1.807, 2.05) is 18.2 Å². The summed E-state index contributed by atoms with van der Waals surface area (Å²) in [5.41, 5.74) is 1.21. The third kappa shape index (κ3) is 2.76. The molecule has 2 rings (SSSR count).